The maximum Gasteiger partial charge on any atom is 0.188 e. The molecule has 0 spiro atoms. The first-order valence-corrected chi connectivity index (χ1v) is 7.88. The van der Waals surface area contributed by atoms with E-state index in [2.05, 4.69) is 36.2 Å². The zero-order valence-corrected chi connectivity index (χ0v) is 16.8. The summed E-state index contributed by atoms with van der Waals surface area (Å²) in [4.78, 5) is 4.38. The van der Waals surface area contributed by atoms with Gasteiger partial charge in [-0.25, -0.2) is 0 Å². The number of aromatic nitrogens is 1. The number of nitrogens with zero attached hydrogens (tertiary/aromatic N) is 2. The molecule has 22 heavy (non-hydrogen) atoms. The largest absolute Gasteiger partial charge is 0.370 e. The van der Waals surface area contributed by atoms with Crippen molar-refractivity contribution in [2.75, 3.05) is 6.54 Å². The first-order chi connectivity index (χ1) is 9.90. The lowest BCUT2D eigenvalue weighted by Crippen LogP contribution is -2.38. The van der Waals surface area contributed by atoms with Gasteiger partial charge in [-0.3, -0.25) is 4.99 Å². The van der Waals surface area contributed by atoms with E-state index in [1.54, 1.807) is 0 Å². The molecule has 0 aliphatic rings. The summed E-state index contributed by atoms with van der Waals surface area (Å²) in [5, 5.41) is 7.19. The Morgan fingerprint density at radius 3 is 2.50 bits per heavy atom. The van der Waals surface area contributed by atoms with E-state index in [0.717, 1.165) is 35.8 Å². The fraction of sp³-hybridized carbons (Fsp3) is 0.750. The SMILES string of the molecule is Cc1noc(C)c1CCN=C(N)NC(C)CCCC(C)C.I. The fourth-order valence-electron chi connectivity index (χ4n) is 2.35. The van der Waals surface area contributed by atoms with Crippen LogP contribution in [0.1, 0.15) is 57.1 Å². The summed E-state index contributed by atoms with van der Waals surface area (Å²) >= 11 is 0. The van der Waals surface area contributed by atoms with E-state index in [9.17, 15) is 0 Å². The first-order valence-electron chi connectivity index (χ1n) is 7.88. The number of nitrogens with one attached hydrogen (secondary N) is 1. The molecule has 0 saturated carbocycles. The van der Waals surface area contributed by atoms with Crippen LogP contribution in [0.25, 0.3) is 0 Å². The van der Waals surface area contributed by atoms with Crippen molar-refractivity contribution in [3.63, 3.8) is 0 Å². The van der Waals surface area contributed by atoms with Gasteiger partial charge in [0.1, 0.15) is 5.76 Å². The molecule has 0 aromatic carbocycles. The van der Waals surface area contributed by atoms with Crippen LogP contribution < -0.4 is 11.1 Å². The second-order valence-corrected chi connectivity index (χ2v) is 6.19. The highest BCUT2D eigenvalue weighted by Gasteiger charge is 2.08. The number of rotatable bonds is 8. The lowest BCUT2D eigenvalue weighted by Gasteiger charge is -2.15. The van der Waals surface area contributed by atoms with Crippen LogP contribution in [0.15, 0.2) is 9.52 Å². The predicted octanol–water partition coefficient (Wildman–Crippen LogP) is 3.57. The Morgan fingerprint density at radius 2 is 1.95 bits per heavy atom. The Hall–Kier alpha value is -0.790. The Labute approximate surface area is 151 Å². The number of halogens is 1. The standard InChI is InChI=1S/C16H30N4O.HI/c1-11(2)7-6-8-12(3)19-16(17)18-10-9-15-13(4)20-21-14(15)5;/h11-12H,6-10H2,1-5H3,(H3,17,18,19);1H. The zero-order chi connectivity index (χ0) is 15.8. The van der Waals surface area contributed by atoms with Gasteiger partial charge in [0.2, 0.25) is 0 Å². The molecule has 0 fully saturated rings. The molecule has 3 N–H and O–H groups in total. The van der Waals surface area contributed by atoms with Crippen molar-refractivity contribution in [1.82, 2.24) is 10.5 Å². The average Bonchev–Trinajstić information content (AvgIpc) is 2.69. The molecule has 1 unspecified atom stereocenters. The highest BCUT2D eigenvalue weighted by atomic mass is 127. The molecule has 0 bridgehead atoms. The van der Waals surface area contributed by atoms with E-state index < -0.39 is 0 Å². The van der Waals surface area contributed by atoms with E-state index in [0.29, 0.717) is 18.5 Å². The summed E-state index contributed by atoms with van der Waals surface area (Å²) in [6, 6.07) is 0.367. The minimum atomic E-state index is 0. The second kappa shape index (κ2) is 10.9. The highest BCUT2D eigenvalue weighted by molar-refractivity contribution is 14.0. The number of hydrogen-bond donors (Lipinski definition) is 2. The molecule has 0 amide bonds. The van der Waals surface area contributed by atoms with Crippen LogP contribution >= 0.6 is 24.0 Å². The van der Waals surface area contributed by atoms with Crippen LogP contribution in [0.5, 0.6) is 0 Å². The molecule has 1 aromatic rings. The molecular formula is C16H31IN4O. The third kappa shape index (κ3) is 8.00. The highest BCUT2D eigenvalue weighted by Crippen LogP contribution is 2.12. The van der Waals surface area contributed by atoms with Gasteiger partial charge in [-0.15, -0.1) is 24.0 Å². The molecule has 0 aliphatic heterocycles. The lowest BCUT2D eigenvalue weighted by molar-refractivity contribution is 0.392. The first kappa shape index (κ1) is 21.2. The van der Waals surface area contributed by atoms with Gasteiger partial charge < -0.3 is 15.6 Å². The maximum atomic E-state index is 5.92. The molecule has 0 radical (unpaired) electrons. The zero-order valence-electron chi connectivity index (χ0n) is 14.5. The Bertz CT molecular complexity index is 437. The third-order valence-corrected chi connectivity index (χ3v) is 3.64. The Morgan fingerprint density at radius 1 is 1.27 bits per heavy atom. The number of guanidine groups is 1. The summed E-state index contributed by atoms with van der Waals surface area (Å²) < 4.78 is 5.14. The van der Waals surface area contributed by atoms with Gasteiger partial charge in [-0.1, -0.05) is 31.8 Å². The summed E-state index contributed by atoms with van der Waals surface area (Å²) in [5.74, 6) is 2.16. The topological polar surface area (TPSA) is 76.4 Å². The van der Waals surface area contributed by atoms with Crippen LogP contribution in [-0.2, 0) is 6.42 Å². The average molecular weight is 422 g/mol. The molecule has 1 aromatic heterocycles. The van der Waals surface area contributed by atoms with Gasteiger partial charge in [0.25, 0.3) is 0 Å². The van der Waals surface area contributed by atoms with Gasteiger partial charge in [-0.2, -0.15) is 0 Å². The van der Waals surface area contributed by atoms with Crippen molar-refractivity contribution in [3.05, 3.63) is 17.0 Å². The van der Waals surface area contributed by atoms with Gasteiger partial charge >= 0.3 is 0 Å². The lowest BCUT2D eigenvalue weighted by atomic mass is 10.0. The molecule has 1 rings (SSSR count). The quantitative estimate of drug-likeness (QED) is 0.382. The smallest absolute Gasteiger partial charge is 0.188 e. The van der Waals surface area contributed by atoms with Gasteiger partial charge in [-0.05, 0) is 39.5 Å². The van der Waals surface area contributed by atoms with E-state index >= 15 is 0 Å². The van der Waals surface area contributed by atoms with Crippen molar-refractivity contribution in [3.8, 4) is 0 Å². The minimum Gasteiger partial charge on any atom is -0.370 e. The monoisotopic (exact) mass is 422 g/mol. The summed E-state index contributed by atoms with van der Waals surface area (Å²) in [6.45, 7) is 11.2. The molecule has 0 aliphatic carbocycles. The number of aryl methyl sites for hydroxylation is 2. The van der Waals surface area contributed by atoms with Gasteiger partial charge in [0, 0.05) is 18.2 Å². The van der Waals surface area contributed by atoms with Crippen molar-refractivity contribution in [1.29, 1.82) is 0 Å². The van der Waals surface area contributed by atoms with E-state index in [1.807, 2.05) is 13.8 Å². The summed E-state index contributed by atoms with van der Waals surface area (Å²) in [7, 11) is 0. The van der Waals surface area contributed by atoms with Crippen LogP contribution in [0.3, 0.4) is 0 Å². The minimum absolute atomic E-state index is 0. The summed E-state index contributed by atoms with van der Waals surface area (Å²) in [5.41, 5.74) is 8.00. The normalized spacial score (nSPS) is 13.1. The molecule has 5 nitrogen and oxygen atoms in total. The molecule has 1 atom stereocenters. The molecule has 128 valence electrons. The molecule has 0 saturated heterocycles. The van der Waals surface area contributed by atoms with Crippen molar-refractivity contribution in [2.45, 2.75) is 66.3 Å². The Balaban J connectivity index is 0.00000441. The number of hydrogen-bond acceptors (Lipinski definition) is 3. The Kier molecular flexibility index (Phi) is 10.5. The number of aliphatic imine (C=N–C) groups is 1. The fourth-order valence-corrected chi connectivity index (χ4v) is 2.35. The second-order valence-electron chi connectivity index (χ2n) is 6.19. The number of nitrogens with two attached hydrogens (primary N) is 1. The van der Waals surface area contributed by atoms with E-state index in [-0.39, 0.29) is 24.0 Å². The van der Waals surface area contributed by atoms with Crippen LogP contribution in [-0.4, -0.2) is 23.7 Å². The van der Waals surface area contributed by atoms with Crippen molar-refractivity contribution in [2.24, 2.45) is 16.6 Å². The molecular weight excluding hydrogens is 391 g/mol. The van der Waals surface area contributed by atoms with Crippen molar-refractivity contribution >= 4 is 29.9 Å². The van der Waals surface area contributed by atoms with Crippen LogP contribution in [0, 0.1) is 19.8 Å². The molecule has 1 heterocycles. The molecule has 6 heteroatoms. The van der Waals surface area contributed by atoms with Crippen LogP contribution in [0.2, 0.25) is 0 Å². The summed E-state index contributed by atoms with van der Waals surface area (Å²) in [6.07, 6.45) is 4.41. The van der Waals surface area contributed by atoms with E-state index in [4.69, 9.17) is 10.3 Å². The van der Waals surface area contributed by atoms with Gasteiger partial charge in [0.05, 0.1) is 5.69 Å². The maximum absolute atomic E-state index is 5.92. The predicted molar refractivity (Wildman–Crippen MR) is 103 cm³/mol. The van der Waals surface area contributed by atoms with Gasteiger partial charge in [0.15, 0.2) is 5.96 Å². The van der Waals surface area contributed by atoms with Crippen LogP contribution in [0.4, 0.5) is 0 Å². The third-order valence-electron chi connectivity index (χ3n) is 3.64. The van der Waals surface area contributed by atoms with Crippen molar-refractivity contribution < 1.29 is 4.52 Å². The van der Waals surface area contributed by atoms with E-state index in [1.165, 1.54) is 12.8 Å².